The van der Waals surface area contributed by atoms with Gasteiger partial charge in [-0.2, -0.15) is 0 Å². The third kappa shape index (κ3) is 4.40. The van der Waals surface area contributed by atoms with Crippen molar-refractivity contribution in [2.45, 2.75) is 45.6 Å². The Bertz CT molecular complexity index is 1260. The van der Waals surface area contributed by atoms with Crippen molar-refractivity contribution < 1.29 is 14.3 Å². The lowest BCUT2D eigenvalue weighted by Gasteiger charge is -2.45. The number of aromatic nitrogens is 2. The molecule has 2 aliphatic heterocycles. The van der Waals surface area contributed by atoms with Crippen LogP contribution in [-0.2, 0) is 0 Å². The summed E-state index contributed by atoms with van der Waals surface area (Å²) in [6.45, 7) is 7.54. The number of methoxy groups -OCH3 is 2. The van der Waals surface area contributed by atoms with Gasteiger partial charge in [0, 0.05) is 37.1 Å². The van der Waals surface area contributed by atoms with Gasteiger partial charge in [-0.1, -0.05) is 25.0 Å². The highest BCUT2D eigenvalue weighted by molar-refractivity contribution is 6.02. The van der Waals surface area contributed by atoms with Crippen LogP contribution in [0.4, 0.5) is 11.5 Å². The maximum absolute atomic E-state index is 13.6. The molecule has 0 bridgehead atoms. The van der Waals surface area contributed by atoms with Crippen LogP contribution in [0.15, 0.2) is 36.7 Å². The van der Waals surface area contributed by atoms with Crippen LogP contribution < -0.4 is 19.3 Å². The van der Waals surface area contributed by atoms with Crippen LogP contribution in [0.25, 0.3) is 10.9 Å². The van der Waals surface area contributed by atoms with Crippen molar-refractivity contribution in [3.8, 4) is 11.5 Å². The third-order valence-electron chi connectivity index (χ3n) is 7.41. The van der Waals surface area contributed by atoms with Gasteiger partial charge in [-0.3, -0.25) is 4.79 Å². The zero-order valence-corrected chi connectivity index (χ0v) is 21.7. The minimum Gasteiger partial charge on any atom is -0.493 e. The lowest BCUT2D eigenvalue weighted by molar-refractivity contribution is 0.0631. The molecular formula is C28H35N5O3. The van der Waals surface area contributed by atoms with Crippen LogP contribution in [0.1, 0.15) is 48.5 Å². The molecule has 8 nitrogen and oxygen atoms in total. The highest BCUT2D eigenvalue weighted by atomic mass is 16.5. The Morgan fingerprint density at radius 1 is 1.03 bits per heavy atom. The Balaban J connectivity index is 1.36. The lowest BCUT2D eigenvalue weighted by Crippen LogP contribution is -2.54. The van der Waals surface area contributed by atoms with Crippen molar-refractivity contribution in [2.75, 3.05) is 50.3 Å². The predicted octanol–water partition coefficient (Wildman–Crippen LogP) is 4.64. The summed E-state index contributed by atoms with van der Waals surface area (Å²) in [7, 11) is 3.26. The molecule has 2 aromatic carbocycles. The summed E-state index contributed by atoms with van der Waals surface area (Å²) in [6, 6.07) is 10.3. The SMILES string of the molecule is CCCCN1CN(C2CCN(c3ncnc4cc(OC)c(OC)cc34)CC2)C(=O)c2cc(C)ccc21. The molecule has 3 heterocycles. The molecule has 5 rings (SSSR count). The number of carbonyl (C=O) groups excluding carboxylic acids is 1. The molecule has 8 heteroatoms. The molecule has 0 spiro atoms. The Morgan fingerprint density at radius 2 is 1.78 bits per heavy atom. The molecule has 1 aromatic heterocycles. The highest BCUT2D eigenvalue weighted by Gasteiger charge is 2.35. The number of aryl methyl sites for hydroxylation is 1. The molecule has 0 saturated carbocycles. The number of fused-ring (bicyclic) bond motifs is 2. The van der Waals surface area contributed by atoms with E-state index in [0.717, 1.165) is 78.9 Å². The Hall–Kier alpha value is -3.55. The summed E-state index contributed by atoms with van der Waals surface area (Å²) in [4.78, 5) is 29.4. The van der Waals surface area contributed by atoms with E-state index in [0.29, 0.717) is 18.2 Å². The van der Waals surface area contributed by atoms with E-state index in [1.54, 1.807) is 20.5 Å². The molecule has 1 fully saturated rings. The van der Waals surface area contributed by atoms with Crippen LogP contribution in [0.3, 0.4) is 0 Å². The number of hydrogen-bond acceptors (Lipinski definition) is 7. The van der Waals surface area contributed by atoms with E-state index < -0.39 is 0 Å². The fourth-order valence-corrected chi connectivity index (χ4v) is 5.41. The highest BCUT2D eigenvalue weighted by Crippen LogP contribution is 2.36. The zero-order chi connectivity index (χ0) is 25.2. The Labute approximate surface area is 212 Å². The van der Waals surface area contributed by atoms with Gasteiger partial charge in [0.05, 0.1) is 37.7 Å². The number of unbranched alkanes of at least 4 members (excludes halogenated alkanes) is 1. The number of piperidine rings is 1. The molecule has 1 saturated heterocycles. The monoisotopic (exact) mass is 489 g/mol. The van der Waals surface area contributed by atoms with Gasteiger partial charge in [0.1, 0.15) is 12.1 Å². The summed E-state index contributed by atoms with van der Waals surface area (Å²) in [5, 5.41) is 0.942. The topological polar surface area (TPSA) is 71.0 Å². The number of carbonyl (C=O) groups is 1. The molecule has 190 valence electrons. The summed E-state index contributed by atoms with van der Waals surface area (Å²) >= 11 is 0. The number of amides is 1. The van der Waals surface area contributed by atoms with E-state index in [-0.39, 0.29) is 11.9 Å². The Morgan fingerprint density at radius 3 is 2.50 bits per heavy atom. The summed E-state index contributed by atoms with van der Waals surface area (Å²) < 4.78 is 11.0. The van der Waals surface area contributed by atoms with Crippen molar-refractivity contribution in [3.63, 3.8) is 0 Å². The summed E-state index contributed by atoms with van der Waals surface area (Å²) in [6.07, 6.45) is 5.64. The van der Waals surface area contributed by atoms with Crippen LogP contribution in [0.5, 0.6) is 11.5 Å². The van der Waals surface area contributed by atoms with Crippen molar-refractivity contribution in [2.24, 2.45) is 0 Å². The minimum absolute atomic E-state index is 0.157. The van der Waals surface area contributed by atoms with Crippen molar-refractivity contribution in [1.29, 1.82) is 0 Å². The molecular weight excluding hydrogens is 454 g/mol. The molecule has 0 aliphatic carbocycles. The van der Waals surface area contributed by atoms with Crippen LogP contribution in [0, 0.1) is 6.92 Å². The maximum atomic E-state index is 13.6. The first kappa shape index (κ1) is 24.2. The average Bonchev–Trinajstić information content (AvgIpc) is 2.91. The van der Waals surface area contributed by atoms with Crippen molar-refractivity contribution >= 4 is 28.3 Å². The van der Waals surface area contributed by atoms with E-state index >= 15 is 0 Å². The van der Waals surface area contributed by atoms with Crippen molar-refractivity contribution in [1.82, 2.24) is 14.9 Å². The van der Waals surface area contributed by atoms with Crippen LogP contribution in [0.2, 0.25) is 0 Å². The molecule has 2 aliphatic rings. The van der Waals surface area contributed by atoms with Gasteiger partial charge in [-0.15, -0.1) is 0 Å². The normalized spacial score (nSPS) is 16.4. The maximum Gasteiger partial charge on any atom is 0.257 e. The first-order valence-corrected chi connectivity index (χ1v) is 12.8. The number of anilines is 2. The fraction of sp³-hybridized carbons (Fsp3) is 0.464. The van der Waals surface area contributed by atoms with E-state index in [2.05, 4.69) is 50.6 Å². The average molecular weight is 490 g/mol. The van der Waals surface area contributed by atoms with E-state index in [4.69, 9.17) is 9.47 Å². The number of nitrogens with zero attached hydrogens (tertiary/aromatic N) is 5. The quantitative estimate of drug-likeness (QED) is 0.479. The largest absolute Gasteiger partial charge is 0.493 e. The predicted molar refractivity (Wildman–Crippen MR) is 142 cm³/mol. The molecule has 1 amide bonds. The lowest BCUT2D eigenvalue weighted by atomic mass is 9.98. The van der Waals surface area contributed by atoms with E-state index in [9.17, 15) is 4.79 Å². The summed E-state index contributed by atoms with van der Waals surface area (Å²) in [5.74, 6) is 2.37. The van der Waals surface area contributed by atoms with Crippen LogP contribution >= 0.6 is 0 Å². The van der Waals surface area contributed by atoms with Crippen molar-refractivity contribution in [3.05, 3.63) is 47.8 Å². The smallest absolute Gasteiger partial charge is 0.257 e. The molecule has 0 atom stereocenters. The second-order valence-corrected chi connectivity index (χ2v) is 9.69. The molecule has 0 unspecified atom stereocenters. The first-order chi connectivity index (χ1) is 17.5. The van der Waals surface area contributed by atoms with Gasteiger partial charge < -0.3 is 24.2 Å². The number of rotatable bonds is 7. The third-order valence-corrected chi connectivity index (χ3v) is 7.41. The first-order valence-electron chi connectivity index (χ1n) is 12.8. The van der Waals surface area contributed by atoms with Crippen LogP contribution in [-0.4, -0.2) is 67.3 Å². The van der Waals surface area contributed by atoms with Gasteiger partial charge in [-0.25, -0.2) is 9.97 Å². The number of ether oxygens (including phenoxy) is 2. The molecule has 3 aromatic rings. The van der Waals surface area contributed by atoms with Gasteiger partial charge in [-0.05, 0) is 44.4 Å². The van der Waals surface area contributed by atoms with E-state index in [1.807, 2.05) is 18.2 Å². The van der Waals surface area contributed by atoms with E-state index in [1.165, 1.54) is 0 Å². The second-order valence-electron chi connectivity index (χ2n) is 9.69. The zero-order valence-electron chi connectivity index (χ0n) is 21.7. The molecule has 0 radical (unpaired) electrons. The molecule has 0 N–H and O–H groups in total. The van der Waals surface area contributed by atoms with Gasteiger partial charge in [0.25, 0.3) is 5.91 Å². The minimum atomic E-state index is 0.157. The summed E-state index contributed by atoms with van der Waals surface area (Å²) in [5.41, 5.74) is 3.86. The number of benzene rings is 2. The Kier molecular flexibility index (Phi) is 6.85. The number of hydrogen-bond donors (Lipinski definition) is 0. The standard InChI is InChI=1S/C28H35N5O3/c1-5-6-11-32-18-33(28(34)22-14-19(2)7-8-24(22)32)20-9-12-31(13-10-20)27-21-15-25(35-3)26(36-4)16-23(21)29-17-30-27/h7-8,14-17,20H,5-6,9-13,18H2,1-4H3. The second kappa shape index (κ2) is 10.2. The van der Waals surface area contributed by atoms with Gasteiger partial charge in [0.15, 0.2) is 11.5 Å². The fourth-order valence-electron chi connectivity index (χ4n) is 5.41. The van der Waals surface area contributed by atoms with Gasteiger partial charge >= 0.3 is 0 Å². The molecule has 36 heavy (non-hydrogen) atoms. The van der Waals surface area contributed by atoms with Gasteiger partial charge in [0.2, 0.25) is 0 Å².